The summed E-state index contributed by atoms with van der Waals surface area (Å²) in [5.74, 6) is 1.11. The molecule has 1 saturated heterocycles. The summed E-state index contributed by atoms with van der Waals surface area (Å²) in [4.78, 5) is 12.4. The lowest BCUT2D eigenvalue weighted by Gasteiger charge is -2.26. The van der Waals surface area contributed by atoms with Crippen LogP contribution in [0, 0.1) is 17.8 Å². The molecule has 1 aliphatic heterocycles. The average molecular weight is 407 g/mol. The van der Waals surface area contributed by atoms with E-state index in [1.165, 1.54) is 5.57 Å². The lowest BCUT2D eigenvalue weighted by Crippen LogP contribution is -2.32. The van der Waals surface area contributed by atoms with Crippen LogP contribution in [0.15, 0.2) is 64.3 Å². The van der Waals surface area contributed by atoms with Crippen LogP contribution in [0.5, 0.6) is 0 Å². The third-order valence-corrected chi connectivity index (χ3v) is 6.06. The average Bonchev–Trinajstić information content (AvgIpc) is 3.54. The zero-order chi connectivity index (χ0) is 20.8. The number of rotatable bonds is 7. The molecule has 1 heterocycles. The highest BCUT2D eigenvalue weighted by atomic mass is 16.6. The van der Waals surface area contributed by atoms with Gasteiger partial charge in [0.15, 0.2) is 6.23 Å². The Morgan fingerprint density at radius 1 is 1.10 bits per heavy atom. The van der Waals surface area contributed by atoms with Crippen molar-refractivity contribution in [2.75, 3.05) is 0 Å². The SMILES string of the molecule is CC1C=CC=C(/C=N/NC2OC2C2CCC(C(=O)N/N=C/c3ccccc3)CC2)C1. The highest BCUT2D eigenvalue weighted by molar-refractivity contribution is 5.83. The molecule has 0 aromatic heterocycles. The number of hydrogen-bond donors (Lipinski definition) is 2. The van der Waals surface area contributed by atoms with Crippen molar-refractivity contribution in [2.24, 2.45) is 28.0 Å². The first kappa shape index (κ1) is 20.5. The number of nitrogens with one attached hydrogen (secondary N) is 2. The zero-order valence-corrected chi connectivity index (χ0v) is 17.4. The largest absolute Gasteiger partial charge is 0.346 e. The van der Waals surface area contributed by atoms with E-state index >= 15 is 0 Å². The monoisotopic (exact) mass is 406 g/mol. The Morgan fingerprint density at radius 3 is 2.67 bits per heavy atom. The van der Waals surface area contributed by atoms with E-state index in [-0.39, 0.29) is 24.2 Å². The summed E-state index contributed by atoms with van der Waals surface area (Å²) >= 11 is 0. The van der Waals surface area contributed by atoms with Gasteiger partial charge in [-0.15, -0.1) is 0 Å². The minimum atomic E-state index is 0.00394. The van der Waals surface area contributed by atoms with E-state index in [0.29, 0.717) is 11.8 Å². The molecule has 2 aliphatic carbocycles. The van der Waals surface area contributed by atoms with Crippen LogP contribution < -0.4 is 10.9 Å². The maximum atomic E-state index is 12.4. The Balaban J connectivity index is 1.15. The van der Waals surface area contributed by atoms with Gasteiger partial charge in [0, 0.05) is 5.92 Å². The van der Waals surface area contributed by atoms with Crippen molar-refractivity contribution in [1.82, 2.24) is 10.9 Å². The van der Waals surface area contributed by atoms with E-state index in [0.717, 1.165) is 37.7 Å². The third-order valence-electron chi connectivity index (χ3n) is 6.06. The van der Waals surface area contributed by atoms with Gasteiger partial charge in [0.2, 0.25) is 5.91 Å². The minimum Gasteiger partial charge on any atom is -0.346 e. The highest BCUT2D eigenvalue weighted by Crippen LogP contribution is 2.39. The number of epoxide rings is 1. The minimum absolute atomic E-state index is 0.00394. The van der Waals surface area contributed by atoms with Crippen LogP contribution in [0.4, 0.5) is 0 Å². The second-order valence-electron chi connectivity index (χ2n) is 8.47. The van der Waals surface area contributed by atoms with Gasteiger partial charge in [-0.25, -0.2) is 5.43 Å². The molecule has 0 radical (unpaired) electrons. The Hall–Kier alpha value is -2.73. The molecule has 6 heteroatoms. The first-order chi connectivity index (χ1) is 14.7. The van der Waals surface area contributed by atoms with Crippen molar-refractivity contribution in [3.8, 4) is 0 Å². The molecule has 30 heavy (non-hydrogen) atoms. The third kappa shape index (κ3) is 5.66. The predicted molar refractivity (Wildman–Crippen MR) is 119 cm³/mol. The first-order valence-electron chi connectivity index (χ1n) is 10.9. The number of hydrazone groups is 2. The van der Waals surface area contributed by atoms with Crippen molar-refractivity contribution in [3.05, 3.63) is 59.7 Å². The molecule has 0 bridgehead atoms. The Labute approximate surface area is 178 Å². The molecule has 3 atom stereocenters. The Morgan fingerprint density at radius 2 is 1.90 bits per heavy atom. The van der Waals surface area contributed by atoms with E-state index < -0.39 is 0 Å². The summed E-state index contributed by atoms with van der Waals surface area (Å²) in [5, 5.41) is 8.44. The molecular formula is C24H30N4O2. The van der Waals surface area contributed by atoms with Gasteiger partial charge in [-0.3, -0.25) is 10.2 Å². The van der Waals surface area contributed by atoms with E-state index in [2.05, 4.69) is 46.2 Å². The van der Waals surface area contributed by atoms with Gasteiger partial charge in [0.05, 0.1) is 12.4 Å². The zero-order valence-electron chi connectivity index (χ0n) is 17.4. The second-order valence-corrected chi connectivity index (χ2v) is 8.47. The molecule has 158 valence electrons. The summed E-state index contributed by atoms with van der Waals surface area (Å²) in [6.07, 6.45) is 15.0. The summed E-state index contributed by atoms with van der Waals surface area (Å²) in [7, 11) is 0. The quantitative estimate of drug-likeness (QED) is 0.411. The summed E-state index contributed by atoms with van der Waals surface area (Å²) in [5.41, 5.74) is 8.02. The maximum Gasteiger partial charge on any atom is 0.243 e. The molecule has 4 rings (SSSR count). The van der Waals surface area contributed by atoms with E-state index in [1.54, 1.807) is 6.21 Å². The molecule has 3 unspecified atom stereocenters. The highest BCUT2D eigenvalue weighted by Gasteiger charge is 2.46. The number of nitrogens with zero attached hydrogens (tertiary/aromatic N) is 2. The van der Waals surface area contributed by atoms with Gasteiger partial charge < -0.3 is 4.74 Å². The van der Waals surface area contributed by atoms with Crippen molar-refractivity contribution in [1.29, 1.82) is 0 Å². The summed E-state index contributed by atoms with van der Waals surface area (Å²) in [6, 6.07) is 9.76. The van der Waals surface area contributed by atoms with Gasteiger partial charge in [0.1, 0.15) is 6.10 Å². The van der Waals surface area contributed by atoms with Gasteiger partial charge in [0.25, 0.3) is 0 Å². The van der Waals surface area contributed by atoms with Gasteiger partial charge >= 0.3 is 0 Å². The standard InChI is InChI=1S/C24H30N4O2/c1-17-6-5-9-19(14-17)16-26-28-24-22(30-24)20-10-12-21(13-11-20)23(29)27-25-15-18-7-3-2-4-8-18/h2-9,15-17,20-22,24,28H,10-14H2,1H3,(H,27,29)/b25-15+,26-16+. The summed E-state index contributed by atoms with van der Waals surface area (Å²) < 4.78 is 5.79. The number of ether oxygens (including phenoxy) is 1. The van der Waals surface area contributed by atoms with Crippen molar-refractivity contribution >= 4 is 18.3 Å². The van der Waals surface area contributed by atoms with Crippen molar-refractivity contribution < 1.29 is 9.53 Å². The lowest BCUT2D eigenvalue weighted by molar-refractivity contribution is -0.126. The fraction of sp³-hybridized carbons (Fsp3) is 0.458. The number of allylic oxidation sites excluding steroid dienone is 4. The topological polar surface area (TPSA) is 78.4 Å². The molecule has 1 amide bonds. The molecule has 0 spiro atoms. The predicted octanol–water partition coefficient (Wildman–Crippen LogP) is 3.77. The van der Waals surface area contributed by atoms with Crippen LogP contribution in [0.2, 0.25) is 0 Å². The van der Waals surface area contributed by atoms with E-state index in [9.17, 15) is 4.79 Å². The normalized spacial score (nSPS) is 31.0. The first-order valence-corrected chi connectivity index (χ1v) is 10.9. The van der Waals surface area contributed by atoms with Gasteiger partial charge in [-0.2, -0.15) is 10.2 Å². The van der Waals surface area contributed by atoms with Crippen LogP contribution in [-0.2, 0) is 9.53 Å². The van der Waals surface area contributed by atoms with Crippen molar-refractivity contribution in [2.45, 2.75) is 51.4 Å². The number of amides is 1. The molecule has 1 aromatic rings. The molecule has 6 nitrogen and oxygen atoms in total. The number of hydrogen-bond acceptors (Lipinski definition) is 5. The lowest BCUT2D eigenvalue weighted by atomic mass is 9.80. The molecule has 3 aliphatic rings. The van der Waals surface area contributed by atoms with Crippen LogP contribution >= 0.6 is 0 Å². The fourth-order valence-corrected chi connectivity index (χ4v) is 4.26. The molecule has 1 saturated carbocycles. The fourth-order valence-electron chi connectivity index (χ4n) is 4.26. The number of carbonyl (C=O) groups is 1. The van der Waals surface area contributed by atoms with Crippen LogP contribution in [0.3, 0.4) is 0 Å². The maximum absolute atomic E-state index is 12.4. The van der Waals surface area contributed by atoms with Crippen LogP contribution in [-0.4, -0.2) is 30.7 Å². The summed E-state index contributed by atoms with van der Waals surface area (Å²) in [6.45, 7) is 2.21. The smallest absolute Gasteiger partial charge is 0.243 e. The van der Waals surface area contributed by atoms with E-state index in [1.807, 2.05) is 36.5 Å². The number of carbonyl (C=O) groups excluding carboxylic acids is 1. The molecule has 2 N–H and O–H groups in total. The molecular weight excluding hydrogens is 376 g/mol. The Kier molecular flexibility index (Phi) is 6.74. The Bertz CT molecular complexity index is 838. The molecule has 1 aromatic carbocycles. The van der Waals surface area contributed by atoms with Crippen molar-refractivity contribution in [3.63, 3.8) is 0 Å². The van der Waals surface area contributed by atoms with Crippen LogP contribution in [0.1, 0.15) is 44.6 Å². The van der Waals surface area contributed by atoms with Gasteiger partial charge in [-0.05, 0) is 55.1 Å². The van der Waals surface area contributed by atoms with E-state index in [4.69, 9.17) is 4.74 Å². The van der Waals surface area contributed by atoms with Gasteiger partial charge in [-0.1, -0.05) is 55.5 Å². The number of benzene rings is 1. The van der Waals surface area contributed by atoms with Crippen LogP contribution in [0.25, 0.3) is 0 Å². The second kappa shape index (κ2) is 9.85. The molecule has 2 fully saturated rings.